The van der Waals surface area contributed by atoms with Gasteiger partial charge >= 0.3 is 11.7 Å². The predicted molar refractivity (Wildman–Crippen MR) is 86.4 cm³/mol. The van der Waals surface area contributed by atoms with E-state index in [1.54, 1.807) is 23.0 Å². The van der Waals surface area contributed by atoms with E-state index in [4.69, 9.17) is 18.3 Å². The second-order valence-electron chi connectivity index (χ2n) is 5.50. The van der Waals surface area contributed by atoms with E-state index in [1.807, 2.05) is 0 Å². The number of primary amides is 1. The molecule has 0 spiro atoms. The number of carbonyl (C=O) groups is 1. The lowest BCUT2D eigenvalue weighted by Gasteiger charge is -2.37. The first kappa shape index (κ1) is 17.3. The van der Waals surface area contributed by atoms with Crippen LogP contribution >= 0.6 is 23.0 Å². The molecule has 3 heterocycles. The van der Waals surface area contributed by atoms with Crippen molar-refractivity contribution in [2.24, 2.45) is 5.73 Å². The van der Waals surface area contributed by atoms with Gasteiger partial charge in [0.1, 0.15) is 53.5 Å². The van der Waals surface area contributed by atoms with Crippen molar-refractivity contribution in [1.29, 1.82) is 0 Å². The molecule has 2 amide bonds. The molecule has 0 bridgehead atoms. The zero-order valence-corrected chi connectivity index (χ0v) is 14.3. The van der Waals surface area contributed by atoms with Gasteiger partial charge in [0.2, 0.25) is 0 Å². The van der Waals surface area contributed by atoms with E-state index >= 15 is 0 Å². The van der Waals surface area contributed by atoms with Gasteiger partial charge in [0, 0.05) is 6.20 Å². The molecule has 0 radical (unpaired) electrons. The number of aromatic nitrogens is 2. The van der Waals surface area contributed by atoms with E-state index in [1.165, 1.54) is 6.20 Å². The van der Waals surface area contributed by atoms with Crippen LogP contribution in [0.5, 0.6) is 0 Å². The molecule has 2 fully saturated rings. The summed E-state index contributed by atoms with van der Waals surface area (Å²) in [6, 6.07) is -1.44. The highest BCUT2D eigenvalue weighted by atomic mass is 127. The number of aliphatic hydroxyl groups is 1. The average molecular weight is 454 g/mol. The standard InChI is InChI=1S/C12H15IN4O7/c13-24-4-2-22-9-6(18)7(3-1-15-12(21)17-10(3)19)23-8(9)5(4)16-11(14)20/h1,4-9,18H,2H2,(H3,14,16,20)(H2,15,17,19,21). The number of carbonyl (C=O) groups excluding carboxylic acids is 1. The molecule has 6 unspecified atom stereocenters. The highest BCUT2D eigenvalue weighted by molar-refractivity contribution is 14.1. The summed E-state index contributed by atoms with van der Waals surface area (Å²) in [7, 11) is 0. The van der Waals surface area contributed by atoms with E-state index in [9.17, 15) is 19.5 Å². The molecule has 0 aliphatic carbocycles. The summed E-state index contributed by atoms with van der Waals surface area (Å²) in [5, 5.41) is 13.0. The third-order valence-electron chi connectivity index (χ3n) is 4.06. The maximum absolute atomic E-state index is 11.9. The van der Waals surface area contributed by atoms with Crippen LogP contribution in [0.15, 0.2) is 15.8 Å². The Balaban J connectivity index is 1.91. The minimum absolute atomic E-state index is 0.0462. The summed E-state index contributed by atoms with van der Waals surface area (Å²) in [6.45, 7) is 0.101. The van der Waals surface area contributed by atoms with Gasteiger partial charge in [-0.2, -0.15) is 0 Å². The van der Waals surface area contributed by atoms with Crippen LogP contribution in [0.3, 0.4) is 0 Å². The largest absolute Gasteiger partial charge is 0.387 e. The third kappa shape index (κ3) is 3.06. The monoisotopic (exact) mass is 454 g/mol. The van der Waals surface area contributed by atoms with Crippen molar-refractivity contribution < 1.29 is 22.4 Å². The van der Waals surface area contributed by atoms with Crippen LogP contribution in [0.1, 0.15) is 11.7 Å². The topological polar surface area (TPSA) is 169 Å². The fourth-order valence-electron chi connectivity index (χ4n) is 3.01. The Bertz CT molecular complexity index is 737. The van der Waals surface area contributed by atoms with Gasteiger partial charge in [-0.25, -0.2) is 9.59 Å². The number of hydrogen-bond donors (Lipinski definition) is 5. The first-order chi connectivity index (χ1) is 11.4. The first-order valence-electron chi connectivity index (χ1n) is 7.02. The van der Waals surface area contributed by atoms with Crippen LogP contribution in [0, 0.1) is 0 Å². The molecule has 2 aliphatic heterocycles. The van der Waals surface area contributed by atoms with Crippen LogP contribution in [0.25, 0.3) is 0 Å². The number of amides is 2. The predicted octanol–water partition coefficient (Wildman–Crippen LogP) is -1.97. The molecule has 0 saturated carbocycles. The molecule has 6 N–H and O–H groups in total. The molecule has 6 atom stereocenters. The molecule has 0 aromatic carbocycles. The fourth-order valence-corrected chi connectivity index (χ4v) is 3.47. The van der Waals surface area contributed by atoms with Gasteiger partial charge in [0.05, 0.1) is 18.2 Å². The van der Waals surface area contributed by atoms with Gasteiger partial charge in [-0.3, -0.25) is 9.78 Å². The van der Waals surface area contributed by atoms with Gasteiger partial charge in [-0.1, -0.05) is 0 Å². The molecule has 2 saturated heterocycles. The van der Waals surface area contributed by atoms with Crippen molar-refractivity contribution in [3.8, 4) is 0 Å². The van der Waals surface area contributed by atoms with Crippen molar-refractivity contribution in [2.45, 2.75) is 36.6 Å². The summed E-state index contributed by atoms with van der Waals surface area (Å²) in [4.78, 5) is 38.7. The SMILES string of the molecule is NC(=O)NC1C(OI)COC2C(O)C(c3c[nH]c(=O)[nH]c3=O)OC12. The minimum atomic E-state index is -1.17. The number of nitrogens with one attached hydrogen (secondary N) is 3. The molecule has 11 nitrogen and oxygen atoms in total. The van der Waals surface area contributed by atoms with Gasteiger partial charge in [0.25, 0.3) is 5.56 Å². The molecule has 1 aromatic heterocycles. The second-order valence-corrected chi connectivity index (χ2v) is 6.01. The highest BCUT2D eigenvalue weighted by Crippen LogP contribution is 2.38. The number of H-pyrrole nitrogens is 2. The molecule has 12 heteroatoms. The number of rotatable bonds is 3. The Morgan fingerprint density at radius 2 is 2.21 bits per heavy atom. The van der Waals surface area contributed by atoms with Gasteiger partial charge in [-0.15, -0.1) is 0 Å². The Kier molecular flexibility index (Phi) is 4.91. The summed E-state index contributed by atoms with van der Waals surface area (Å²) in [6.07, 6.45) is -3.15. The number of urea groups is 1. The summed E-state index contributed by atoms with van der Waals surface area (Å²) < 4.78 is 16.5. The Morgan fingerprint density at radius 3 is 2.83 bits per heavy atom. The number of halogens is 1. The van der Waals surface area contributed by atoms with Crippen molar-refractivity contribution in [3.05, 3.63) is 32.6 Å². The number of ether oxygens (including phenoxy) is 2. The lowest BCUT2D eigenvalue weighted by atomic mass is 9.94. The van der Waals surface area contributed by atoms with Crippen LogP contribution in [0.2, 0.25) is 0 Å². The van der Waals surface area contributed by atoms with Crippen LogP contribution in [-0.4, -0.2) is 58.2 Å². The third-order valence-corrected chi connectivity index (χ3v) is 4.71. The van der Waals surface area contributed by atoms with E-state index in [2.05, 4.69) is 15.3 Å². The molecule has 24 heavy (non-hydrogen) atoms. The summed E-state index contributed by atoms with van der Waals surface area (Å²) in [5.41, 5.74) is 3.88. The van der Waals surface area contributed by atoms with E-state index in [-0.39, 0.29) is 12.2 Å². The number of fused-ring (bicyclic) bond motifs is 1. The summed E-state index contributed by atoms with van der Waals surface area (Å²) >= 11 is 1.67. The van der Waals surface area contributed by atoms with Crippen molar-refractivity contribution >= 4 is 29.0 Å². The van der Waals surface area contributed by atoms with Gasteiger partial charge < -0.3 is 33.7 Å². The first-order valence-corrected chi connectivity index (χ1v) is 7.91. The lowest BCUT2D eigenvalue weighted by Crippen LogP contribution is -2.61. The van der Waals surface area contributed by atoms with E-state index in [0.717, 1.165) is 0 Å². The lowest BCUT2D eigenvalue weighted by molar-refractivity contribution is -0.120. The smallest absolute Gasteiger partial charge is 0.325 e. The zero-order valence-electron chi connectivity index (χ0n) is 12.1. The number of hydrogen-bond acceptors (Lipinski definition) is 7. The maximum atomic E-state index is 11.9. The Hall–Kier alpha value is -1.48. The van der Waals surface area contributed by atoms with Crippen LogP contribution < -0.4 is 22.3 Å². The van der Waals surface area contributed by atoms with Crippen molar-refractivity contribution in [3.63, 3.8) is 0 Å². The molecule has 2 aliphatic rings. The number of aromatic amines is 2. The molecule has 1 aromatic rings. The average Bonchev–Trinajstić information content (AvgIpc) is 2.85. The Morgan fingerprint density at radius 1 is 1.46 bits per heavy atom. The fraction of sp³-hybridized carbons (Fsp3) is 0.583. The number of nitrogens with two attached hydrogens (primary N) is 1. The minimum Gasteiger partial charge on any atom is -0.387 e. The van der Waals surface area contributed by atoms with Gasteiger partial charge in [-0.05, 0) is 0 Å². The van der Waals surface area contributed by atoms with Crippen LogP contribution in [0.4, 0.5) is 4.79 Å². The zero-order chi connectivity index (χ0) is 17.4. The number of aliphatic hydroxyl groups excluding tert-OH is 1. The highest BCUT2D eigenvalue weighted by Gasteiger charge is 2.54. The van der Waals surface area contributed by atoms with E-state index < -0.39 is 53.8 Å². The quantitative estimate of drug-likeness (QED) is 0.330. The normalized spacial score (nSPS) is 35.4. The second kappa shape index (κ2) is 6.79. The summed E-state index contributed by atoms with van der Waals surface area (Å²) in [5.74, 6) is 0. The molecular formula is C12H15IN4O7. The molecule has 3 rings (SSSR count). The van der Waals surface area contributed by atoms with Crippen molar-refractivity contribution in [1.82, 2.24) is 15.3 Å². The van der Waals surface area contributed by atoms with Gasteiger partial charge in [0.15, 0.2) is 0 Å². The van der Waals surface area contributed by atoms with Crippen LogP contribution in [-0.2, 0) is 12.5 Å². The van der Waals surface area contributed by atoms with E-state index in [0.29, 0.717) is 0 Å². The molecular weight excluding hydrogens is 439 g/mol. The maximum Gasteiger partial charge on any atom is 0.325 e. The Labute approximate surface area is 148 Å². The molecule has 132 valence electrons. The van der Waals surface area contributed by atoms with Crippen molar-refractivity contribution in [2.75, 3.05) is 6.61 Å².